The van der Waals surface area contributed by atoms with E-state index in [0.717, 1.165) is 10.9 Å². The molecule has 5 heteroatoms. The monoisotopic (exact) mass is 266 g/mol. The van der Waals surface area contributed by atoms with Gasteiger partial charge in [0.15, 0.2) is 0 Å². The highest BCUT2D eigenvalue weighted by Gasteiger charge is 2.07. The summed E-state index contributed by atoms with van der Waals surface area (Å²) in [6.07, 6.45) is 2.46. The van der Waals surface area contributed by atoms with E-state index in [1.807, 2.05) is 37.3 Å². The summed E-state index contributed by atoms with van der Waals surface area (Å²) < 4.78 is 5.84. The van der Waals surface area contributed by atoms with Gasteiger partial charge >= 0.3 is 0 Å². The van der Waals surface area contributed by atoms with E-state index in [1.54, 1.807) is 12.3 Å². The zero-order valence-electron chi connectivity index (χ0n) is 11.1. The van der Waals surface area contributed by atoms with Gasteiger partial charge in [0.1, 0.15) is 17.4 Å². The van der Waals surface area contributed by atoms with Crippen LogP contribution in [0, 0.1) is 0 Å². The van der Waals surface area contributed by atoms with Gasteiger partial charge < -0.3 is 10.5 Å². The van der Waals surface area contributed by atoms with Crippen LogP contribution in [-0.2, 0) is 6.42 Å². The van der Waals surface area contributed by atoms with Crippen molar-refractivity contribution in [3.63, 3.8) is 0 Å². The Hall–Kier alpha value is -2.69. The van der Waals surface area contributed by atoms with Crippen LogP contribution in [0.4, 0.5) is 5.82 Å². The Kier molecular flexibility index (Phi) is 3.16. The first kappa shape index (κ1) is 12.3. The van der Waals surface area contributed by atoms with E-state index in [4.69, 9.17) is 10.5 Å². The molecule has 20 heavy (non-hydrogen) atoms. The molecule has 100 valence electrons. The fourth-order valence-corrected chi connectivity index (χ4v) is 1.98. The quantitative estimate of drug-likeness (QED) is 0.788. The SMILES string of the molecule is CCc1nc(N)cc(Oc2cccc3ncccc23)n1. The fraction of sp³-hybridized carbons (Fsp3) is 0.133. The second-order valence-electron chi connectivity index (χ2n) is 4.33. The Morgan fingerprint density at radius 2 is 2.05 bits per heavy atom. The maximum absolute atomic E-state index is 5.84. The van der Waals surface area contributed by atoms with Crippen molar-refractivity contribution >= 4 is 16.7 Å². The molecule has 2 heterocycles. The first-order valence-electron chi connectivity index (χ1n) is 6.41. The van der Waals surface area contributed by atoms with E-state index in [9.17, 15) is 0 Å². The molecule has 0 saturated heterocycles. The fourth-order valence-electron chi connectivity index (χ4n) is 1.98. The van der Waals surface area contributed by atoms with Crippen LogP contribution in [0.3, 0.4) is 0 Å². The second kappa shape index (κ2) is 5.13. The summed E-state index contributed by atoms with van der Waals surface area (Å²) in [6, 6.07) is 11.2. The van der Waals surface area contributed by atoms with Crippen molar-refractivity contribution in [3.8, 4) is 11.6 Å². The average Bonchev–Trinajstić information content (AvgIpc) is 2.47. The Morgan fingerprint density at radius 1 is 1.15 bits per heavy atom. The predicted octanol–water partition coefficient (Wildman–Crippen LogP) is 2.96. The summed E-state index contributed by atoms with van der Waals surface area (Å²) in [5.41, 5.74) is 6.64. The molecule has 0 atom stereocenters. The lowest BCUT2D eigenvalue weighted by molar-refractivity contribution is 0.464. The summed E-state index contributed by atoms with van der Waals surface area (Å²) in [7, 11) is 0. The number of fused-ring (bicyclic) bond motifs is 1. The average molecular weight is 266 g/mol. The number of aromatic nitrogens is 3. The van der Waals surface area contributed by atoms with E-state index < -0.39 is 0 Å². The molecule has 0 radical (unpaired) electrons. The molecule has 3 rings (SSSR count). The van der Waals surface area contributed by atoms with Crippen molar-refractivity contribution in [2.24, 2.45) is 0 Å². The lowest BCUT2D eigenvalue weighted by Crippen LogP contribution is -2.00. The molecule has 3 aromatic rings. The lowest BCUT2D eigenvalue weighted by atomic mass is 10.2. The molecule has 0 aliphatic carbocycles. The maximum Gasteiger partial charge on any atom is 0.224 e. The number of nitrogens with two attached hydrogens (primary N) is 1. The number of hydrogen-bond donors (Lipinski definition) is 1. The first-order valence-corrected chi connectivity index (χ1v) is 6.41. The van der Waals surface area contributed by atoms with Crippen LogP contribution >= 0.6 is 0 Å². The Labute approximate surface area is 116 Å². The minimum atomic E-state index is 0.408. The molecular weight excluding hydrogens is 252 g/mol. The Bertz CT molecular complexity index is 752. The number of nitrogen functional groups attached to an aromatic ring is 1. The van der Waals surface area contributed by atoms with E-state index in [2.05, 4.69) is 15.0 Å². The summed E-state index contributed by atoms with van der Waals surface area (Å²) in [4.78, 5) is 12.7. The predicted molar refractivity (Wildman–Crippen MR) is 77.6 cm³/mol. The van der Waals surface area contributed by atoms with Gasteiger partial charge in [0.05, 0.1) is 5.52 Å². The Balaban J connectivity index is 2.03. The zero-order chi connectivity index (χ0) is 13.9. The molecular formula is C15H14N4O. The van der Waals surface area contributed by atoms with E-state index in [0.29, 0.717) is 29.7 Å². The van der Waals surface area contributed by atoms with Crippen molar-refractivity contribution in [1.29, 1.82) is 0 Å². The van der Waals surface area contributed by atoms with Gasteiger partial charge in [0, 0.05) is 24.1 Å². The topological polar surface area (TPSA) is 73.9 Å². The summed E-state index contributed by atoms with van der Waals surface area (Å²) in [5, 5.41) is 0.935. The largest absolute Gasteiger partial charge is 0.438 e. The van der Waals surface area contributed by atoms with Crippen molar-refractivity contribution in [3.05, 3.63) is 48.4 Å². The number of aryl methyl sites for hydroxylation is 1. The number of pyridine rings is 1. The molecule has 2 aromatic heterocycles. The zero-order valence-corrected chi connectivity index (χ0v) is 11.1. The van der Waals surface area contributed by atoms with Crippen molar-refractivity contribution in [1.82, 2.24) is 15.0 Å². The normalized spacial score (nSPS) is 10.7. The molecule has 0 bridgehead atoms. The smallest absolute Gasteiger partial charge is 0.224 e. The van der Waals surface area contributed by atoms with Crippen LogP contribution in [0.5, 0.6) is 11.6 Å². The number of ether oxygens (including phenoxy) is 1. The highest BCUT2D eigenvalue weighted by atomic mass is 16.5. The molecule has 0 aliphatic rings. The summed E-state index contributed by atoms with van der Waals surface area (Å²) >= 11 is 0. The molecule has 2 N–H and O–H groups in total. The van der Waals surface area contributed by atoms with Gasteiger partial charge in [-0.1, -0.05) is 13.0 Å². The molecule has 0 spiro atoms. The maximum atomic E-state index is 5.84. The molecule has 1 aromatic carbocycles. The standard InChI is InChI=1S/C15H14N4O/c1-2-14-18-13(16)9-15(19-14)20-12-7-3-6-11-10(12)5-4-8-17-11/h3-9H,2H2,1H3,(H2,16,18,19). The molecule has 0 aliphatic heterocycles. The second-order valence-corrected chi connectivity index (χ2v) is 4.33. The minimum Gasteiger partial charge on any atom is -0.438 e. The number of hydrogen-bond acceptors (Lipinski definition) is 5. The van der Waals surface area contributed by atoms with Crippen LogP contribution in [0.1, 0.15) is 12.7 Å². The van der Waals surface area contributed by atoms with Gasteiger partial charge in [-0.15, -0.1) is 0 Å². The number of benzene rings is 1. The molecule has 0 amide bonds. The van der Waals surface area contributed by atoms with Gasteiger partial charge in [0.25, 0.3) is 0 Å². The van der Waals surface area contributed by atoms with Crippen LogP contribution < -0.4 is 10.5 Å². The van der Waals surface area contributed by atoms with E-state index in [1.165, 1.54) is 0 Å². The van der Waals surface area contributed by atoms with Crippen molar-refractivity contribution < 1.29 is 4.74 Å². The summed E-state index contributed by atoms with van der Waals surface area (Å²) in [6.45, 7) is 1.97. The Morgan fingerprint density at radius 3 is 2.90 bits per heavy atom. The van der Waals surface area contributed by atoms with E-state index in [-0.39, 0.29) is 0 Å². The number of anilines is 1. The minimum absolute atomic E-state index is 0.408. The third-order valence-corrected chi connectivity index (χ3v) is 2.91. The van der Waals surface area contributed by atoms with Crippen LogP contribution in [0.25, 0.3) is 10.9 Å². The summed E-state index contributed by atoms with van der Waals surface area (Å²) in [5.74, 6) is 2.23. The van der Waals surface area contributed by atoms with Crippen molar-refractivity contribution in [2.75, 3.05) is 5.73 Å². The van der Waals surface area contributed by atoms with Crippen molar-refractivity contribution in [2.45, 2.75) is 13.3 Å². The van der Waals surface area contributed by atoms with Crippen LogP contribution in [-0.4, -0.2) is 15.0 Å². The van der Waals surface area contributed by atoms with Gasteiger partial charge in [-0.25, -0.2) is 4.98 Å². The van der Waals surface area contributed by atoms with E-state index >= 15 is 0 Å². The highest BCUT2D eigenvalue weighted by Crippen LogP contribution is 2.28. The lowest BCUT2D eigenvalue weighted by Gasteiger charge is -2.09. The van der Waals surface area contributed by atoms with Crippen LogP contribution in [0.2, 0.25) is 0 Å². The highest BCUT2D eigenvalue weighted by molar-refractivity contribution is 5.85. The molecule has 0 fully saturated rings. The van der Waals surface area contributed by atoms with Gasteiger partial charge in [-0.2, -0.15) is 4.98 Å². The molecule has 0 unspecified atom stereocenters. The third kappa shape index (κ3) is 2.38. The van der Waals surface area contributed by atoms with Crippen LogP contribution in [0.15, 0.2) is 42.6 Å². The van der Waals surface area contributed by atoms with Gasteiger partial charge in [-0.05, 0) is 24.3 Å². The number of nitrogens with zero attached hydrogens (tertiary/aromatic N) is 3. The van der Waals surface area contributed by atoms with Gasteiger partial charge in [-0.3, -0.25) is 4.98 Å². The molecule has 5 nitrogen and oxygen atoms in total. The first-order chi connectivity index (χ1) is 9.76. The third-order valence-electron chi connectivity index (χ3n) is 2.91. The molecule has 0 saturated carbocycles. The number of rotatable bonds is 3. The van der Waals surface area contributed by atoms with Gasteiger partial charge in [0.2, 0.25) is 5.88 Å².